The smallest absolute Gasteiger partial charge is 0.262 e. The molecule has 0 bridgehead atoms. The second-order valence-electron chi connectivity index (χ2n) is 7.99. The Kier molecular flexibility index (Phi) is 5.27. The molecular weight excluding hydrogens is 442 g/mol. The van der Waals surface area contributed by atoms with Crippen molar-refractivity contribution in [1.29, 1.82) is 0 Å². The van der Waals surface area contributed by atoms with E-state index in [2.05, 4.69) is 15.5 Å². The van der Waals surface area contributed by atoms with Crippen molar-refractivity contribution in [3.63, 3.8) is 0 Å². The average molecular weight is 463 g/mol. The van der Waals surface area contributed by atoms with E-state index in [0.717, 1.165) is 5.56 Å². The molecule has 0 saturated carbocycles. The second-order valence-corrected chi connectivity index (χ2v) is 7.99. The zero-order chi connectivity index (χ0) is 23.9. The first kappa shape index (κ1) is 21.6. The molecule has 4 heterocycles. The highest BCUT2D eigenvalue weighted by Crippen LogP contribution is 2.31. The highest BCUT2D eigenvalue weighted by Gasteiger charge is 2.49. The molecule has 1 saturated heterocycles. The quantitative estimate of drug-likeness (QED) is 0.403. The standard InChI is InChI=1S/C23H21N5O6/c1-23(31,22(30)26-14-2-3-15-17(12-14)34-27-20(15)24)19-21(29)28(10-11-32-19)18-5-4-16(33-18)13-6-8-25-9-7-13/h2-9,12,19,31H,10-11H2,1H3,(H2,24,27)(H,26,30). The number of nitrogens with two attached hydrogens (primary N) is 1. The normalized spacial score (nSPS) is 18.1. The minimum absolute atomic E-state index is 0.106. The second kappa shape index (κ2) is 8.28. The van der Waals surface area contributed by atoms with Crippen LogP contribution in [0.3, 0.4) is 0 Å². The number of benzene rings is 1. The lowest BCUT2D eigenvalue weighted by Gasteiger charge is -2.37. The van der Waals surface area contributed by atoms with Crippen LogP contribution in [0.25, 0.3) is 22.3 Å². The number of nitrogens with zero attached hydrogens (tertiary/aromatic N) is 3. The molecule has 34 heavy (non-hydrogen) atoms. The maximum absolute atomic E-state index is 13.2. The van der Waals surface area contributed by atoms with Gasteiger partial charge in [-0.2, -0.15) is 0 Å². The predicted octanol–water partition coefficient (Wildman–Crippen LogP) is 2.19. The molecule has 1 fully saturated rings. The number of aromatic nitrogens is 2. The average Bonchev–Trinajstić information content (AvgIpc) is 3.47. The van der Waals surface area contributed by atoms with Gasteiger partial charge in [0.15, 0.2) is 23.1 Å². The Labute approximate surface area is 193 Å². The van der Waals surface area contributed by atoms with E-state index in [1.807, 2.05) is 0 Å². The van der Waals surface area contributed by atoms with E-state index in [9.17, 15) is 14.7 Å². The number of morpholine rings is 1. The van der Waals surface area contributed by atoms with E-state index >= 15 is 0 Å². The van der Waals surface area contributed by atoms with E-state index in [1.54, 1.807) is 48.8 Å². The van der Waals surface area contributed by atoms with Crippen molar-refractivity contribution in [1.82, 2.24) is 10.1 Å². The van der Waals surface area contributed by atoms with Crippen LogP contribution in [-0.4, -0.2) is 51.9 Å². The fourth-order valence-electron chi connectivity index (χ4n) is 3.76. The van der Waals surface area contributed by atoms with Gasteiger partial charge >= 0.3 is 0 Å². The first-order valence-electron chi connectivity index (χ1n) is 10.5. The summed E-state index contributed by atoms with van der Waals surface area (Å²) in [6.45, 7) is 1.54. The van der Waals surface area contributed by atoms with Crippen LogP contribution in [-0.2, 0) is 14.3 Å². The molecular formula is C23H21N5O6. The number of furan rings is 1. The number of ether oxygens (including phenoxy) is 1. The number of fused-ring (bicyclic) bond motifs is 1. The Bertz CT molecular complexity index is 1360. The minimum atomic E-state index is -2.17. The van der Waals surface area contributed by atoms with Gasteiger partial charge in [0.05, 0.1) is 18.5 Å². The Hall–Kier alpha value is -4.22. The van der Waals surface area contributed by atoms with Crippen LogP contribution in [0.5, 0.6) is 0 Å². The minimum Gasteiger partial charge on any atom is -0.440 e. The molecule has 0 spiro atoms. The molecule has 1 aromatic carbocycles. The number of amides is 2. The van der Waals surface area contributed by atoms with Crippen molar-refractivity contribution in [2.24, 2.45) is 0 Å². The third kappa shape index (κ3) is 3.76. The summed E-state index contributed by atoms with van der Waals surface area (Å²) in [7, 11) is 0. The molecule has 2 atom stereocenters. The Morgan fingerprint density at radius 3 is 2.82 bits per heavy atom. The monoisotopic (exact) mass is 463 g/mol. The summed E-state index contributed by atoms with van der Waals surface area (Å²) in [5, 5.41) is 17.9. The van der Waals surface area contributed by atoms with Crippen molar-refractivity contribution < 1.29 is 28.4 Å². The number of anilines is 3. The fraction of sp³-hybridized carbons (Fsp3) is 0.217. The third-order valence-corrected chi connectivity index (χ3v) is 5.64. The van der Waals surface area contributed by atoms with Gasteiger partial charge in [0.1, 0.15) is 5.76 Å². The topological polar surface area (TPSA) is 157 Å². The number of carbonyl (C=O) groups is 2. The van der Waals surface area contributed by atoms with Crippen molar-refractivity contribution in [2.45, 2.75) is 18.6 Å². The van der Waals surface area contributed by atoms with Gasteiger partial charge < -0.3 is 29.8 Å². The van der Waals surface area contributed by atoms with Gasteiger partial charge in [0.2, 0.25) is 5.88 Å². The van der Waals surface area contributed by atoms with Crippen LogP contribution in [0.15, 0.2) is 63.8 Å². The Morgan fingerprint density at radius 2 is 2.03 bits per heavy atom. The largest absolute Gasteiger partial charge is 0.440 e. The molecule has 2 amide bonds. The highest BCUT2D eigenvalue weighted by molar-refractivity contribution is 6.06. The summed E-state index contributed by atoms with van der Waals surface area (Å²) in [5.74, 6) is -0.348. The lowest BCUT2D eigenvalue weighted by molar-refractivity contribution is -0.165. The summed E-state index contributed by atoms with van der Waals surface area (Å²) >= 11 is 0. The first-order valence-corrected chi connectivity index (χ1v) is 10.5. The molecule has 4 aromatic rings. The van der Waals surface area contributed by atoms with E-state index in [-0.39, 0.29) is 24.9 Å². The van der Waals surface area contributed by atoms with E-state index in [4.69, 9.17) is 19.4 Å². The summed E-state index contributed by atoms with van der Waals surface area (Å²) in [4.78, 5) is 31.5. The van der Waals surface area contributed by atoms with Gasteiger partial charge in [-0.05, 0) is 37.3 Å². The summed E-state index contributed by atoms with van der Waals surface area (Å²) in [6.07, 6.45) is 1.83. The number of rotatable bonds is 5. The number of hydrogen-bond donors (Lipinski definition) is 3. The van der Waals surface area contributed by atoms with Gasteiger partial charge in [0, 0.05) is 35.8 Å². The number of aliphatic hydroxyl groups is 1. The Morgan fingerprint density at radius 1 is 1.24 bits per heavy atom. The van der Waals surface area contributed by atoms with Crippen LogP contribution in [0.1, 0.15) is 6.92 Å². The number of nitrogens with one attached hydrogen (secondary N) is 1. The van der Waals surface area contributed by atoms with Crippen LogP contribution in [0, 0.1) is 0 Å². The molecule has 0 aliphatic carbocycles. The number of hydrogen-bond acceptors (Lipinski definition) is 9. The zero-order valence-corrected chi connectivity index (χ0v) is 18.1. The van der Waals surface area contributed by atoms with Gasteiger partial charge in [-0.3, -0.25) is 19.5 Å². The van der Waals surface area contributed by atoms with E-state index < -0.39 is 23.5 Å². The summed E-state index contributed by atoms with van der Waals surface area (Å²) in [5.41, 5.74) is 5.03. The number of carbonyl (C=O) groups excluding carboxylic acids is 2. The van der Waals surface area contributed by atoms with Gasteiger partial charge in [-0.25, -0.2) is 0 Å². The molecule has 11 nitrogen and oxygen atoms in total. The highest BCUT2D eigenvalue weighted by atomic mass is 16.5. The predicted molar refractivity (Wildman–Crippen MR) is 122 cm³/mol. The van der Waals surface area contributed by atoms with Crippen molar-refractivity contribution >= 4 is 40.2 Å². The first-order chi connectivity index (χ1) is 16.3. The molecule has 1 aliphatic rings. The van der Waals surface area contributed by atoms with Crippen LogP contribution in [0.2, 0.25) is 0 Å². The van der Waals surface area contributed by atoms with Crippen molar-refractivity contribution in [2.75, 3.05) is 29.1 Å². The number of pyridine rings is 1. The molecule has 5 rings (SSSR count). The van der Waals surface area contributed by atoms with E-state index in [1.165, 1.54) is 17.9 Å². The van der Waals surface area contributed by atoms with Crippen LogP contribution < -0.4 is 16.0 Å². The van der Waals surface area contributed by atoms with Crippen LogP contribution >= 0.6 is 0 Å². The SMILES string of the molecule is CC(O)(C(=O)Nc1ccc2c(N)noc2c1)C1OCCN(c2ccc(-c3ccncc3)o2)C1=O. The molecule has 3 aromatic heterocycles. The molecule has 0 radical (unpaired) electrons. The van der Waals surface area contributed by atoms with Gasteiger partial charge in [0.25, 0.3) is 11.8 Å². The lowest BCUT2D eigenvalue weighted by Crippen LogP contribution is -2.61. The summed E-state index contributed by atoms with van der Waals surface area (Å²) in [6, 6.07) is 11.7. The number of nitrogen functional groups attached to an aromatic ring is 1. The molecule has 11 heteroatoms. The fourth-order valence-corrected chi connectivity index (χ4v) is 3.76. The molecule has 2 unspecified atom stereocenters. The van der Waals surface area contributed by atoms with Crippen LogP contribution in [0.4, 0.5) is 17.4 Å². The third-order valence-electron chi connectivity index (χ3n) is 5.64. The summed E-state index contributed by atoms with van der Waals surface area (Å²) < 4.78 is 16.5. The maximum atomic E-state index is 13.2. The van der Waals surface area contributed by atoms with Gasteiger partial charge in [-0.15, -0.1) is 0 Å². The molecule has 174 valence electrons. The lowest BCUT2D eigenvalue weighted by atomic mass is 9.95. The molecule has 4 N–H and O–H groups in total. The zero-order valence-electron chi connectivity index (χ0n) is 18.1. The van der Waals surface area contributed by atoms with Gasteiger partial charge in [-0.1, -0.05) is 5.16 Å². The van der Waals surface area contributed by atoms with Crippen molar-refractivity contribution in [3.05, 3.63) is 54.9 Å². The maximum Gasteiger partial charge on any atom is 0.262 e. The van der Waals surface area contributed by atoms with E-state index in [0.29, 0.717) is 22.4 Å². The molecule has 1 aliphatic heterocycles. The van der Waals surface area contributed by atoms with Crippen molar-refractivity contribution in [3.8, 4) is 11.3 Å². The Balaban J connectivity index is 1.34.